The van der Waals surface area contributed by atoms with Gasteiger partial charge in [0.25, 0.3) is 0 Å². The Morgan fingerprint density at radius 2 is 2.04 bits per heavy atom. The third-order valence-electron chi connectivity index (χ3n) is 5.08. The van der Waals surface area contributed by atoms with Crippen molar-refractivity contribution in [3.63, 3.8) is 0 Å². The Labute approximate surface area is 157 Å². The third kappa shape index (κ3) is 4.77. The van der Waals surface area contributed by atoms with Crippen molar-refractivity contribution in [3.05, 3.63) is 53.0 Å². The molecule has 0 amide bonds. The van der Waals surface area contributed by atoms with Crippen molar-refractivity contribution in [2.45, 2.75) is 38.9 Å². The predicted octanol–water partition coefficient (Wildman–Crippen LogP) is 4.44. The maximum absolute atomic E-state index is 13.0. The Balaban J connectivity index is 1.67. The second-order valence-corrected chi connectivity index (χ2v) is 7.13. The van der Waals surface area contributed by atoms with Crippen molar-refractivity contribution in [3.8, 4) is 5.88 Å². The average Bonchev–Trinajstić information content (AvgIpc) is 3.08. The summed E-state index contributed by atoms with van der Waals surface area (Å²) in [5.41, 5.74) is 1.24. The van der Waals surface area contributed by atoms with Gasteiger partial charge in [-0.25, -0.2) is 9.97 Å². The van der Waals surface area contributed by atoms with Gasteiger partial charge in [-0.15, -0.1) is 0 Å². The minimum Gasteiger partial charge on any atom is -0.481 e. The first-order valence-electron chi connectivity index (χ1n) is 9.06. The first-order chi connectivity index (χ1) is 12.8. The minimum atomic E-state index is -4.41. The number of aryl methyl sites for hydroxylation is 1. The smallest absolute Gasteiger partial charge is 0.433 e. The number of methoxy groups -OCH3 is 1. The lowest BCUT2D eigenvalue weighted by atomic mass is 9.98. The van der Waals surface area contributed by atoms with Crippen LogP contribution < -0.4 is 4.74 Å². The molecule has 2 aromatic rings. The SMILES string of the molecule is COc1cccc(C(C)N2CC[C@H](Cc3cc(C)nc(C(F)(F)F)c3)C2)n1. The molecule has 4 nitrogen and oxygen atoms in total. The van der Waals surface area contributed by atoms with E-state index in [-0.39, 0.29) is 6.04 Å². The van der Waals surface area contributed by atoms with Crippen molar-refractivity contribution >= 4 is 0 Å². The maximum Gasteiger partial charge on any atom is 0.433 e. The monoisotopic (exact) mass is 379 g/mol. The molecule has 2 aromatic heterocycles. The maximum atomic E-state index is 13.0. The van der Waals surface area contributed by atoms with Crippen LogP contribution in [0.4, 0.5) is 13.2 Å². The van der Waals surface area contributed by atoms with Gasteiger partial charge in [0.15, 0.2) is 0 Å². The van der Waals surface area contributed by atoms with Crippen LogP contribution in [0.5, 0.6) is 5.88 Å². The molecule has 27 heavy (non-hydrogen) atoms. The quantitative estimate of drug-likeness (QED) is 0.770. The van der Waals surface area contributed by atoms with Crippen molar-refractivity contribution < 1.29 is 17.9 Å². The molecule has 2 atom stereocenters. The molecule has 3 rings (SSSR count). The van der Waals surface area contributed by atoms with Crippen molar-refractivity contribution in [2.75, 3.05) is 20.2 Å². The van der Waals surface area contributed by atoms with E-state index in [9.17, 15) is 13.2 Å². The molecule has 7 heteroatoms. The van der Waals surface area contributed by atoms with Crippen LogP contribution in [0.2, 0.25) is 0 Å². The van der Waals surface area contributed by atoms with Crippen LogP contribution in [0.1, 0.15) is 42.0 Å². The summed E-state index contributed by atoms with van der Waals surface area (Å²) in [4.78, 5) is 10.4. The van der Waals surface area contributed by atoms with Crippen LogP contribution in [-0.4, -0.2) is 35.1 Å². The Morgan fingerprint density at radius 3 is 2.74 bits per heavy atom. The third-order valence-corrected chi connectivity index (χ3v) is 5.08. The highest BCUT2D eigenvalue weighted by molar-refractivity contribution is 5.24. The predicted molar refractivity (Wildman–Crippen MR) is 96.6 cm³/mol. The first-order valence-corrected chi connectivity index (χ1v) is 9.06. The van der Waals surface area contributed by atoms with Gasteiger partial charge in [-0.2, -0.15) is 13.2 Å². The van der Waals surface area contributed by atoms with Crippen LogP contribution in [0.3, 0.4) is 0 Å². The average molecular weight is 379 g/mol. The number of hydrogen-bond acceptors (Lipinski definition) is 4. The molecule has 0 aliphatic carbocycles. The Bertz CT molecular complexity index is 794. The second-order valence-electron chi connectivity index (χ2n) is 7.13. The van der Waals surface area contributed by atoms with Crippen LogP contribution in [0.15, 0.2) is 30.3 Å². The van der Waals surface area contributed by atoms with E-state index in [2.05, 4.69) is 21.8 Å². The van der Waals surface area contributed by atoms with E-state index in [1.54, 1.807) is 20.1 Å². The molecule has 1 unspecified atom stereocenters. The van der Waals surface area contributed by atoms with E-state index < -0.39 is 11.9 Å². The molecule has 3 heterocycles. The van der Waals surface area contributed by atoms with E-state index in [4.69, 9.17) is 4.74 Å². The number of pyridine rings is 2. The van der Waals surface area contributed by atoms with E-state index in [0.29, 0.717) is 29.5 Å². The summed E-state index contributed by atoms with van der Waals surface area (Å²) in [5, 5.41) is 0. The van der Waals surface area contributed by atoms with E-state index in [1.807, 2.05) is 18.2 Å². The molecule has 1 aliphatic heterocycles. The number of likely N-dealkylation sites (tertiary alicyclic amines) is 1. The molecule has 0 spiro atoms. The molecule has 0 saturated carbocycles. The normalized spacial score (nSPS) is 19.3. The fourth-order valence-corrected chi connectivity index (χ4v) is 3.68. The highest BCUT2D eigenvalue weighted by Crippen LogP contribution is 2.32. The van der Waals surface area contributed by atoms with Gasteiger partial charge in [-0.1, -0.05) is 6.07 Å². The van der Waals surface area contributed by atoms with Crippen LogP contribution in [-0.2, 0) is 12.6 Å². The molecule has 1 saturated heterocycles. The summed E-state index contributed by atoms with van der Waals surface area (Å²) >= 11 is 0. The number of hydrogen-bond donors (Lipinski definition) is 0. The van der Waals surface area contributed by atoms with Crippen molar-refractivity contribution in [1.29, 1.82) is 0 Å². The number of rotatable bonds is 5. The van der Waals surface area contributed by atoms with Gasteiger partial charge in [0.2, 0.25) is 5.88 Å². The molecule has 1 aliphatic rings. The van der Waals surface area contributed by atoms with E-state index in [1.165, 1.54) is 6.07 Å². The van der Waals surface area contributed by atoms with Crippen LogP contribution in [0.25, 0.3) is 0 Å². The number of ether oxygens (including phenoxy) is 1. The first kappa shape index (κ1) is 19.6. The van der Waals surface area contributed by atoms with Crippen molar-refractivity contribution in [2.24, 2.45) is 5.92 Å². The van der Waals surface area contributed by atoms with Gasteiger partial charge in [-0.3, -0.25) is 4.90 Å². The fraction of sp³-hybridized carbons (Fsp3) is 0.500. The number of alkyl halides is 3. The summed E-state index contributed by atoms with van der Waals surface area (Å²) in [7, 11) is 1.59. The highest BCUT2D eigenvalue weighted by atomic mass is 19.4. The zero-order valence-corrected chi connectivity index (χ0v) is 15.8. The molecule has 0 radical (unpaired) electrons. The zero-order valence-electron chi connectivity index (χ0n) is 15.8. The molecule has 0 aromatic carbocycles. The molecule has 146 valence electrons. The molecule has 0 bridgehead atoms. The topological polar surface area (TPSA) is 38.2 Å². The lowest BCUT2D eigenvalue weighted by Crippen LogP contribution is -2.25. The fourth-order valence-electron chi connectivity index (χ4n) is 3.68. The van der Waals surface area contributed by atoms with E-state index in [0.717, 1.165) is 25.2 Å². The van der Waals surface area contributed by atoms with Gasteiger partial charge < -0.3 is 4.74 Å². The molecule has 0 N–H and O–H groups in total. The van der Waals surface area contributed by atoms with E-state index >= 15 is 0 Å². The van der Waals surface area contributed by atoms with Gasteiger partial charge in [0, 0.05) is 24.3 Å². The largest absolute Gasteiger partial charge is 0.481 e. The Hall–Kier alpha value is -2.15. The highest BCUT2D eigenvalue weighted by Gasteiger charge is 2.33. The summed E-state index contributed by atoms with van der Waals surface area (Å²) in [6.07, 6.45) is -2.83. The van der Waals surface area contributed by atoms with Crippen LogP contribution in [0, 0.1) is 12.8 Å². The molecular formula is C20H24F3N3O. The van der Waals surface area contributed by atoms with Crippen molar-refractivity contribution in [1.82, 2.24) is 14.9 Å². The summed E-state index contributed by atoms with van der Waals surface area (Å²) in [6, 6.07) is 8.78. The lowest BCUT2D eigenvalue weighted by Gasteiger charge is -2.24. The van der Waals surface area contributed by atoms with Gasteiger partial charge in [0.05, 0.1) is 12.8 Å². The minimum absolute atomic E-state index is 0.134. The zero-order chi connectivity index (χ0) is 19.6. The van der Waals surface area contributed by atoms with Gasteiger partial charge >= 0.3 is 6.18 Å². The molecular weight excluding hydrogens is 355 g/mol. The number of halogens is 3. The summed E-state index contributed by atoms with van der Waals surface area (Å²) in [5.74, 6) is 0.906. The van der Waals surface area contributed by atoms with Crippen LogP contribution >= 0.6 is 0 Å². The van der Waals surface area contributed by atoms with Gasteiger partial charge in [-0.05, 0) is 62.9 Å². The summed E-state index contributed by atoms with van der Waals surface area (Å²) in [6.45, 7) is 5.45. The second kappa shape index (κ2) is 7.84. The summed E-state index contributed by atoms with van der Waals surface area (Å²) < 4.78 is 44.2. The Kier molecular flexibility index (Phi) is 5.69. The lowest BCUT2D eigenvalue weighted by molar-refractivity contribution is -0.141. The molecule has 1 fully saturated rings. The number of aromatic nitrogens is 2. The number of nitrogens with zero attached hydrogens (tertiary/aromatic N) is 3. The Morgan fingerprint density at radius 1 is 1.26 bits per heavy atom. The standard InChI is InChI=1S/C20H24F3N3O/c1-13-9-16(11-18(24-13)20(21,22)23)10-15-7-8-26(12-15)14(2)17-5-4-6-19(25-17)27-3/h4-6,9,11,14-15H,7-8,10,12H2,1-3H3/t14?,15-/m1/s1. The van der Waals surface area contributed by atoms with Gasteiger partial charge in [0.1, 0.15) is 5.69 Å².